The molecule has 0 radical (unpaired) electrons. The zero-order valence-electron chi connectivity index (χ0n) is 12.5. The first-order valence-corrected chi connectivity index (χ1v) is 6.90. The van der Waals surface area contributed by atoms with Crippen LogP contribution in [0.25, 0.3) is 0 Å². The lowest BCUT2D eigenvalue weighted by Gasteiger charge is -2.18. The van der Waals surface area contributed by atoms with Gasteiger partial charge in [0.15, 0.2) is 0 Å². The van der Waals surface area contributed by atoms with Crippen molar-refractivity contribution in [2.45, 2.75) is 26.0 Å². The van der Waals surface area contributed by atoms with Crippen LogP contribution in [0.5, 0.6) is 0 Å². The molecule has 21 heavy (non-hydrogen) atoms. The summed E-state index contributed by atoms with van der Waals surface area (Å²) < 4.78 is 12.1. The Balaban J connectivity index is 2.17. The van der Waals surface area contributed by atoms with E-state index in [2.05, 4.69) is 4.98 Å². The predicted molar refractivity (Wildman–Crippen MR) is 79.2 cm³/mol. The lowest BCUT2D eigenvalue weighted by Crippen LogP contribution is -2.22. The third kappa shape index (κ3) is 3.70. The molecule has 0 amide bonds. The monoisotopic (exact) mass is 288 g/mol. The molecule has 1 aromatic carbocycles. The van der Waals surface area contributed by atoms with Crippen molar-refractivity contribution < 1.29 is 14.3 Å². The Morgan fingerprint density at radius 1 is 1.29 bits per heavy atom. The number of carbonyl (C=O) groups excluding carboxylic acids is 1. The van der Waals surface area contributed by atoms with E-state index in [1.165, 1.54) is 6.20 Å². The quantitative estimate of drug-likeness (QED) is 0.767. The van der Waals surface area contributed by atoms with Gasteiger partial charge < -0.3 is 14.0 Å². The Morgan fingerprint density at radius 3 is 2.67 bits per heavy atom. The second-order valence-corrected chi connectivity index (χ2v) is 4.94. The van der Waals surface area contributed by atoms with E-state index in [1.807, 2.05) is 41.8 Å². The largest absolute Gasteiger partial charge is 0.456 e. The number of benzene rings is 1. The minimum Gasteiger partial charge on any atom is -0.456 e. The van der Waals surface area contributed by atoms with Gasteiger partial charge in [-0.25, -0.2) is 9.78 Å². The molecule has 0 bridgehead atoms. The zero-order chi connectivity index (χ0) is 15.2. The normalized spacial score (nSPS) is 13.7. The standard InChI is InChI=1S/C16H20N2O3/c1-12(10-20-3)21-16(19)15-9-17-11-18(15)13(2)14-7-5-4-6-8-14/h4-9,11-13H,10H2,1-3H3/t12-,13-/m1/s1. The summed E-state index contributed by atoms with van der Waals surface area (Å²) in [5, 5.41) is 0. The molecule has 112 valence electrons. The van der Waals surface area contributed by atoms with Crippen molar-refractivity contribution in [3.63, 3.8) is 0 Å². The zero-order valence-corrected chi connectivity index (χ0v) is 12.5. The molecule has 0 unspecified atom stereocenters. The minimum atomic E-state index is -0.389. The first-order chi connectivity index (χ1) is 10.1. The third-order valence-corrected chi connectivity index (χ3v) is 3.28. The highest BCUT2D eigenvalue weighted by atomic mass is 16.6. The van der Waals surface area contributed by atoms with Crippen LogP contribution in [0.3, 0.4) is 0 Å². The Morgan fingerprint density at radius 2 is 2.00 bits per heavy atom. The Bertz CT molecular complexity index is 580. The van der Waals surface area contributed by atoms with E-state index < -0.39 is 0 Å². The van der Waals surface area contributed by atoms with E-state index in [0.29, 0.717) is 12.3 Å². The van der Waals surface area contributed by atoms with Crippen molar-refractivity contribution in [1.29, 1.82) is 0 Å². The predicted octanol–water partition coefficient (Wildman–Crippen LogP) is 2.68. The van der Waals surface area contributed by atoms with Crippen LogP contribution in [0.4, 0.5) is 0 Å². The lowest BCUT2D eigenvalue weighted by atomic mass is 10.1. The number of imidazole rings is 1. The van der Waals surface area contributed by atoms with Crippen molar-refractivity contribution in [2.75, 3.05) is 13.7 Å². The smallest absolute Gasteiger partial charge is 0.356 e. The van der Waals surface area contributed by atoms with Crippen LogP contribution in [0.2, 0.25) is 0 Å². The maximum atomic E-state index is 12.2. The molecule has 0 aliphatic carbocycles. The van der Waals surface area contributed by atoms with E-state index in [4.69, 9.17) is 9.47 Å². The molecule has 0 N–H and O–H groups in total. The minimum absolute atomic E-state index is 0.00832. The van der Waals surface area contributed by atoms with E-state index in [-0.39, 0.29) is 18.1 Å². The molecule has 5 nitrogen and oxygen atoms in total. The highest BCUT2D eigenvalue weighted by molar-refractivity contribution is 5.87. The molecule has 0 aliphatic rings. The van der Waals surface area contributed by atoms with Gasteiger partial charge in [0.05, 0.1) is 25.2 Å². The van der Waals surface area contributed by atoms with Gasteiger partial charge in [0.2, 0.25) is 0 Å². The Labute approximate surface area is 124 Å². The van der Waals surface area contributed by atoms with Crippen molar-refractivity contribution in [2.24, 2.45) is 0 Å². The van der Waals surface area contributed by atoms with Gasteiger partial charge in [-0.3, -0.25) is 0 Å². The second kappa shape index (κ2) is 7.04. The molecule has 0 fully saturated rings. The lowest BCUT2D eigenvalue weighted by molar-refractivity contribution is 0.0109. The number of ether oxygens (including phenoxy) is 2. The number of nitrogens with zero attached hydrogens (tertiary/aromatic N) is 2. The van der Waals surface area contributed by atoms with E-state index in [9.17, 15) is 4.79 Å². The fourth-order valence-electron chi connectivity index (χ4n) is 2.18. The van der Waals surface area contributed by atoms with E-state index >= 15 is 0 Å². The topological polar surface area (TPSA) is 53.4 Å². The van der Waals surface area contributed by atoms with Crippen LogP contribution in [0.1, 0.15) is 35.9 Å². The number of methoxy groups -OCH3 is 1. The SMILES string of the molecule is COC[C@@H](C)OC(=O)c1cncn1[C@H](C)c1ccccc1. The van der Waals surface area contributed by atoms with Gasteiger partial charge in [-0.05, 0) is 19.4 Å². The van der Waals surface area contributed by atoms with Gasteiger partial charge in [0.25, 0.3) is 0 Å². The van der Waals surface area contributed by atoms with Crippen LogP contribution in [0.15, 0.2) is 42.9 Å². The van der Waals surface area contributed by atoms with Crippen molar-refractivity contribution in [3.8, 4) is 0 Å². The molecule has 0 saturated heterocycles. The van der Waals surface area contributed by atoms with Crippen molar-refractivity contribution >= 4 is 5.97 Å². The molecule has 2 rings (SSSR count). The summed E-state index contributed by atoms with van der Waals surface area (Å²) in [6, 6.07) is 9.96. The number of aromatic nitrogens is 2. The summed E-state index contributed by atoms with van der Waals surface area (Å²) in [6.45, 7) is 4.18. The summed E-state index contributed by atoms with van der Waals surface area (Å²) in [4.78, 5) is 16.3. The van der Waals surface area contributed by atoms with Crippen LogP contribution in [-0.4, -0.2) is 35.3 Å². The average Bonchev–Trinajstić information content (AvgIpc) is 2.97. The highest BCUT2D eigenvalue weighted by Crippen LogP contribution is 2.20. The van der Waals surface area contributed by atoms with E-state index in [0.717, 1.165) is 5.56 Å². The summed E-state index contributed by atoms with van der Waals surface area (Å²) in [7, 11) is 1.58. The van der Waals surface area contributed by atoms with Gasteiger partial charge in [-0.1, -0.05) is 30.3 Å². The fraction of sp³-hybridized carbons (Fsp3) is 0.375. The number of rotatable bonds is 6. The van der Waals surface area contributed by atoms with Gasteiger partial charge in [-0.2, -0.15) is 0 Å². The summed E-state index contributed by atoms with van der Waals surface area (Å²) >= 11 is 0. The van der Waals surface area contributed by atoms with E-state index in [1.54, 1.807) is 20.4 Å². The number of carbonyl (C=O) groups is 1. The number of hydrogen-bond acceptors (Lipinski definition) is 4. The van der Waals surface area contributed by atoms with Gasteiger partial charge in [0, 0.05) is 7.11 Å². The maximum absolute atomic E-state index is 12.2. The van der Waals surface area contributed by atoms with Gasteiger partial charge in [-0.15, -0.1) is 0 Å². The van der Waals surface area contributed by atoms with Crippen molar-refractivity contribution in [1.82, 2.24) is 9.55 Å². The van der Waals surface area contributed by atoms with Gasteiger partial charge >= 0.3 is 5.97 Å². The third-order valence-electron chi connectivity index (χ3n) is 3.28. The molecule has 0 spiro atoms. The summed E-state index contributed by atoms with van der Waals surface area (Å²) in [5.74, 6) is -0.389. The second-order valence-electron chi connectivity index (χ2n) is 4.94. The Kier molecular flexibility index (Phi) is 5.11. The molecule has 0 aliphatic heterocycles. The summed E-state index contributed by atoms with van der Waals surface area (Å²) in [5.41, 5.74) is 1.55. The molecule has 1 aromatic heterocycles. The number of esters is 1. The van der Waals surface area contributed by atoms with Crippen LogP contribution >= 0.6 is 0 Å². The first-order valence-electron chi connectivity index (χ1n) is 6.90. The van der Waals surface area contributed by atoms with Crippen LogP contribution in [-0.2, 0) is 9.47 Å². The average molecular weight is 288 g/mol. The molecular weight excluding hydrogens is 268 g/mol. The molecule has 2 atom stereocenters. The highest BCUT2D eigenvalue weighted by Gasteiger charge is 2.19. The number of hydrogen-bond donors (Lipinski definition) is 0. The fourth-order valence-corrected chi connectivity index (χ4v) is 2.18. The van der Waals surface area contributed by atoms with Crippen LogP contribution < -0.4 is 0 Å². The molecule has 2 aromatic rings. The molecule has 1 heterocycles. The van der Waals surface area contributed by atoms with Crippen molar-refractivity contribution in [3.05, 3.63) is 54.1 Å². The molecular formula is C16H20N2O3. The molecule has 5 heteroatoms. The first kappa shape index (κ1) is 15.3. The maximum Gasteiger partial charge on any atom is 0.356 e. The Hall–Kier alpha value is -2.14. The summed E-state index contributed by atoms with van der Waals surface area (Å²) in [6.07, 6.45) is 2.88. The van der Waals surface area contributed by atoms with Gasteiger partial charge in [0.1, 0.15) is 11.8 Å². The molecule has 0 saturated carbocycles. The van der Waals surface area contributed by atoms with Crippen LogP contribution in [0, 0.1) is 0 Å².